The third kappa shape index (κ3) is 36.6. The second-order valence-corrected chi connectivity index (χ2v) is 27.7. The number of hydrogen-bond acceptors (Lipinski definition) is 23. The van der Waals surface area contributed by atoms with Crippen LogP contribution >= 0.6 is 0 Å². The summed E-state index contributed by atoms with van der Waals surface area (Å²) in [7, 11) is 0. The Morgan fingerprint density at radius 2 is 0.722 bits per heavy atom. The van der Waals surface area contributed by atoms with E-state index in [-0.39, 0.29) is 57.5 Å². The quantitative estimate of drug-likeness (QED) is 0.0166. The van der Waals surface area contributed by atoms with Crippen molar-refractivity contribution in [2.75, 3.05) is 26.4 Å². The minimum Gasteiger partial charge on any atom is -0.481 e. The first-order chi connectivity index (χ1) is 54.1. The zero-order valence-electron chi connectivity index (χ0n) is 64.8. The zero-order valence-corrected chi connectivity index (χ0v) is 64.8. The first-order valence-electron chi connectivity index (χ1n) is 36.9. The molecule has 0 saturated heterocycles. The molecule has 0 aliphatic carbocycles. The summed E-state index contributed by atoms with van der Waals surface area (Å²) in [6, 6.07) is -7.52. The molecule has 2 aromatic rings. The molecular formula is C72H110N18O25. The largest absolute Gasteiger partial charge is 0.481 e. The maximum atomic E-state index is 14.4. The second kappa shape index (κ2) is 50.9. The molecule has 16 atom stereocenters. The number of carbonyl (C=O) groups excluding carboxylic acids is 14. The highest BCUT2D eigenvalue weighted by Crippen LogP contribution is 2.16. The second-order valence-electron chi connectivity index (χ2n) is 27.7. The number of nitrogens with two attached hydrogens (primary N) is 4. The van der Waals surface area contributed by atoms with Crippen LogP contribution in [0.1, 0.15) is 130 Å². The summed E-state index contributed by atoms with van der Waals surface area (Å²) in [6.07, 6.45) is -5.38. The predicted octanol–water partition coefficient (Wildman–Crippen LogP) is -7.55. The van der Waals surface area contributed by atoms with Crippen molar-refractivity contribution in [3.05, 3.63) is 71.8 Å². The Morgan fingerprint density at radius 1 is 0.374 bits per heavy atom. The number of nitrogens with zero attached hydrogens (tertiary/aromatic N) is 1. The van der Waals surface area contributed by atoms with Crippen molar-refractivity contribution < 1.29 is 122 Å². The van der Waals surface area contributed by atoms with Crippen molar-refractivity contribution in [2.45, 2.75) is 217 Å². The molecule has 2 aromatic carbocycles. The lowest BCUT2D eigenvalue weighted by Gasteiger charge is -2.31. The zero-order chi connectivity index (χ0) is 86.9. The third-order valence-corrected chi connectivity index (χ3v) is 17.9. The lowest BCUT2D eigenvalue weighted by molar-refractivity contribution is -0.147. The summed E-state index contributed by atoms with van der Waals surface area (Å²) in [4.78, 5) is 244. The van der Waals surface area contributed by atoms with E-state index in [1.807, 2.05) is 5.32 Å². The van der Waals surface area contributed by atoms with Gasteiger partial charge in [-0.05, 0) is 74.3 Å². The number of carboxylic acid groups (broad SMARTS) is 4. The fourth-order valence-electron chi connectivity index (χ4n) is 11.0. The fourth-order valence-corrected chi connectivity index (χ4v) is 11.0. The first kappa shape index (κ1) is 99.1. The monoisotopic (exact) mass is 1630 g/mol. The number of aliphatic hydroxyl groups excluding tert-OH is 3. The van der Waals surface area contributed by atoms with Gasteiger partial charge in [-0.15, -0.1) is 0 Å². The summed E-state index contributed by atoms with van der Waals surface area (Å²) in [6.45, 7) is 7.23. The fraction of sp³-hybridized carbons (Fsp3) is 0.569. The summed E-state index contributed by atoms with van der Waals surface area (Å²) < 4.78 is 0. The Hall–Kier alpha value is -12.0. The van der Waals surface area contributed by atoms with Gasteiger partial charge in [-0.25, -0.2) is 4.79 Å². The molecule has 115 heavy (non-hydrogen) atoms. The maximum Gasteiger partial charge on any atom is 0.326 e. The number of carboxylic acids is 4. The molecule has 0 bridgehead atoms. The Bertz CT molecular complexity index is 3700. The smallest absolute Gasteiger partial charge is 0.326 e. The number of amides is 14. The highest BCUT2D eigenvalue weighted by molar-refractivity contribution is 6.01. The molecular weight excluding hydrogens is 1520 g/mol. The van der Waals surface area contributed by atoms with Gasteiger partial charge in [0.2, 0.25) is 82.7 Å². The Labute approximate surface area is 661 Å². The van der Waals surface area contributed by atoms with E-state index < -0.39 is 267 Å². The van der Waals surface area contributed by atoms with E-state index in [2.05, 4.69) is 68.8 Å². The van der Waals surface area contributed by atoms with Crippen LogP contribution < -0.4 is 92.1 Å². The number of carbonyl (C=O) groups is 18. The van der Waals surface area contributed by atoms with Gasteiger partial charge in [-0.1, -0.05) is 115 Å². The summed E-state index contributed by atoms with van der Waals surface area (Å²) in [5.74, 6) is -24.9. The van der Waals surface area contributed by atoms with E-state index >= 15 is 0 Å². The number of benzene rings is 2. The van der Waals surface area contributed by atoms with Gasteiger partial charge in [0.25, 0.3) is 0 Å². The normalized spacial score (nSPS) is 15.2. The first-order valence-corrected chi connectivity index (χ1v) is 36.9. The van der Waals surface area contributed by atoms with Crippen LogP contribution in [0.2, 0.25) is 0 Å². The van der Waals surface area contributed by atoms with E-state index in [0.717, 1.165) is 6.92 Å². The minimum absolute atomic E-state index is 0.0372. The van der Waals surface area contributed by atoms with Crippen molar-refractivity contribution >= 4 is 113 Å². The van der Waals surface area contributed by atoms with Crippen LogP contribution in [0.5, 0.6) is 0 Å². The Balaban J connectivity index is 2.41. The molecule has 0 aromatic heterocycles. The van der Waals surface area contributed by atoms with Crippen molar-refractivity contribution in [1.82, 2.24) is 69.1 Å². The molecule has 0 radical (unpaired) electrons. The highest BCUT2D eigenvalue weighted by Gasteiger charge is 2.40. The SMILES string of the molecule is CC[C@H](C)[C@H](NC(=O)[C@H](CO)NC(=O)[C@H](CO)NC(=O)[C@H](C)NC(=O)[C@H](CCCN=C(N)N)NC(=O)[C@H](CO)NC(=O)[C@@H](N)Cc1ccccc1)C(=O)N[C@H](C(=O)N[C@@H](CC(=O)O)C(=O)N[C@@H](CCC(=O)O)C(=O)N[C@@H](CC(C)C)C(=O)N[C@@H](Cc1ccccc1)C(=O)N[C@@H](CCC(N)=O)C(=O)N[C@@H](CC(=O)O)C(=O)O)[C@@H](C)CC. The van der Waals surface area contributed by atoms with Crippen molar-refractivity contribution in [1.29, 1.82) is 0 Å². The van der Waals surface area contributed by atoms with Gasteiger partial charge in [0, 0.05) is 25.8 Å². The highest BCUT2D eigenvalue weighted by atomic mass is 16.4. The van der Waals surface area contributed by atoms with Crippen molar-refractivity contribution in [2.24, 2.45) is 45.7 Å². The molecule has 14 amide bonds. The van der Waals surface area contributed by atoms with E-state index in [9.17, 15) is 122 Å². The van der Waals surface area contributed by atoms with Gasteiger partial charge in [0.1, 0.15) is 78.5 Å². The summed E-state index contributed by atoms with van der Waals surface area (Å²) in [5, 5.41) is 99.5. The number of primary amides is 1. The topological polar surface area (TPSA) is 722 Å². The van der Waals surface area contributed by atoms with E-state index in [1.165, 1.54) is 13.8 Å². The molecule has 43 heteroatoms. The maximum absolute atomic E-state index is 14.4. The Morgan fingerprint density at radius 3 is 1.17 bits per heavy atom. The van der Waals surface area contributed by atoms with Gasteiger partial charge in [0.05, 0.1) is 38.7 Å². The average molecular weight is 1630 g/mol. The number of rotatable bonds is 54. The van der Waals surface area contributed by atoms with Crippen LogP contribution in [0.4, 0.5) is 0 Å². The van der Waals surface area contributed by atoms with Crippen LogP contribution in [0.15, 0.2) is 65.7 Å². The van der Waals surface area contributed by atoms with Crippen molar-refractivity contribution in [3.8, 4) is 0 Å². The van der Waals surface area contributed by atoms with E-state index in [1.54, 1.807) is 88.4 Å². The van der Waals surface area contributed by atoms with Crippen LogP contribution in [-0.2, 0) is 99.1 Å². The molecule has 43 nitrogen and oxygen atoms in total. The Kier molecular flexibility index (Phi) is 43.8. The number of aliphatic hydroxyl groups is 3. The lowest BCUT2D eigenvalue weighted by atomic mass is 9.94. The predicted molar refractivity (Wildman–Crippen MR) is 406 cm³/mol. The molecule has 28 N–H and O–H groups in total. The number of hydrogen-bond donors (Lipinski definition) is 24. The number of aliphatic carboxylic acids is 4. The van der Waals surface area contributed by atoms with Gasteiger partial charge in [-0.2, -0.15) is 0 Å². The van der Waals surface area contributed by atoms with Crippen molar-refractivity contribution in [3.63, 3.8) is 0 Å². The number of aliphatic imine (C=N–C) groups is 1. The molecule has 638 valence electrons. The van der Waals surface area contributed by atoms with Crippen LogP contribution in [0.25, 0.3) is 0 Å². The van der Waals surface area contributed by atoms with Gasteiger partial charge < -0.3 is 128 Å². The molecule has 0 heterocycles. The molecule has 2 rings (SSSR count). The summed E-state index contributed by atoms with van der Waals surface area (Å²) in [5.41, 5.74) is 23.3. The minimum atomic E-state index is -2.12. The van der Waals surface area contributed by atoms with Crippen LogP contribution in [0, 0.1) is 17.8 Å². The number of nitrogens with one attached hydrogen (secondary N) is 13. The van der Waals surface area contributed by atoms with Gasteiger partial charge >= 0.3 is 23.9 Å². The molecule has 0 aliphatic heterocycles. The molecule has 0 aliphatic rings. The van der Waals surface area contributed by atoms with Crippen LogP contribution in [0.3, 0.4) is 0 Å². The number of guanidine groups is 1. The standard InChI is InChI=1S/C72H110N18O25/c1-8-36(5)56(90-70(113)57(37(6)9-2)89-68(111)51(34-93)88-67(110)49(32-91)86-58(101)38(7)78-60(103)42(21-16-26-77-72(75)76)79-66(109)50(33-92)87-59(102)41(73)28-39-17-12-10-13-18-39)69(112)84-47(30-54(97)98)65(108)81-44(23-25-53(95)96)61(104)82-45(27-35(3)4)63(106)83-46(29-40-19-14-11-15-20-40)64(107)80-43(22-24-52(74)94)62(105)85-48(71(114)115)31-55(99)100/h10-15,17-20,35-38,41-51,56-57,91-93H,8-9,16,21-34,73H2,1-7H3,(H2,74,94)(H,78,103)(H,79,109)(H,80,107)(H,81,108)(H,82,104)(H,83,106)(H,84,112)(H,85,105)(H,86,101)(H,87,102)(H,88,110)(H,89,111)(H,90,113)(H,95,96)(H,97,98)(H,99,100)(H,114,115)(H4,75,76,77)/t36-,37-,38-,41-,42-,43-,44-,45-,46-,47-,48-,49-,50-,51-,56-,57-/m0/s1. The summed E-state index contributed by atoms with van der Waals surface area (Å²) >= 11 is 0. The van der Waals surface area contributed by atoms with Gasteiger partial charge in [-0.3, -0.25) is 86.5 Å². The van der Waals surface area contributed by atoms with Crippen LogP contribution in [-0.4, -0.2) is 259 Å². The molecule has 0 unspecified atom stereocenters. The molecule has 0 saturated carbocycles. The van der Waals surface area contributed by atoms with E-state index in [0.29, 0.717) is 11.1 Å². The van der Waals surface area contributed by atoms with Gasteiger partial charge in [0.15, 0.2) is 5.96 Å². The third-order valence-electron chi connectivity index (χ3n) is 17.9. The van der Waals surface area contributed by atoms with E-state index in [4.69, 9.17) is 22.9 Å². The average Bonchev–Trinajstić information content (AvgIpc) is 0.490. The molecule has 0 spiro atoms. The molecule has 0 fully saturated rings. The lowest BCUT2D eigenvalue weighted by Crippen LogP contribution is -2.63.